The Morgan fingerprint density at radius 1 is 1.00 bits per heavy atom. The molecule has 2 N–H and O–H groups in total. The predicted molar refractivity (Wildman–Crippen MR) is 95.3 cm³/mol. The van der Waals surface area contributed by atoms with Crippen molar-refractivity contribution in [2.24, 2.45) is 0 Å². The van der Waals surface area contributed by atoms with Gasteiger partial charge in [-0.3, -0.25) is 14.6 Å². The van der Waals surface area contributed by atoms with E-state index in [0.29, 0.717) is 22.4 Å². The normalized spacial score (nSPS) is 16.2. The summed E-state index contributed by atoms with van der Waals surface area (Å²) in [4.78, 5) is 28.6. The molecule has 0 spiro atoms. The molecule has 1 aromatic carbocycles. The Hall–Kier alpha value is -2.76. The van der Waals surface area contributed by atoms with E-state index in [4.69, 9.17) is 0 Å². The lowest BCUT2D eigenvalue weighted by molar-refractivity contribution is 0.0942. The first-order valence-corrected chi connectivity index (χ1v) is 8.89. The first kappa shape index (κ1) is 16.7. The van der Waals surface area contributed by atoms with Crippen molar-refractivity contribution in [2.45, 2.75) is 44.7 Å². The van der Waals surface area contributed by atoms with Crippen molar-refractivity contribution in [1.29, 1.82) is 0 Å². The number of hydrogen-bond donors (Lipinski definition) is 2. The van der Waals surface area contributed by atoms with Crippen LogP contribution in [0.4, 0.5) is 4.39 Å². The summed E-state index contributed by atoms with van der Waals surface area (Å²) in [6, 6.07) is 6.76. The van der Waals surface area contributed by atoms with Crippen molar-refractivity contribution in [3.8, 4) is 11.3 Å². The molecule has 2 aliphatic carbocycles. The molecule has 2 aliphatic rings. The van der Waals surface area contributed by atoms with Crippen LogP contribution in [0.15, 0.2) is 30.5 Å². The van der Waals surface area contributed by atoms with E-state index in [1.807, 2.05) is 0 Å². The molecule has 0 bridgehead atoms. The predicted octanol–water partition coefficient (Wildman–Crippen LogP) is 2.98. The SMILES string of the molecule is Cc1c(F)cc(C(=O)NC2CC2)cc1-c1ccc(C(=O)NC2CC2)cn1. The van der Waals surface area contributed by atoms with Gasteiger partial charge in [0, 0.05) is 29.4 Å². The number of carbonyl (C=O) groups excluding carboxylic acids is 2. The van der Waals surface area contributed by atoms with Crippen molar-refractivity contribution >= 4 is 11.8 Å². The molecule has 2 amide bonds. The molecule has 1 heterocycles. The molecule has 0 unspecified atom stereocenters. The van der Waals surface area contributed by atoms with Gasteiger partial charge in [0.25, 0.3) is 11.8 Å². The van der Waals surface area contributed by atoms with Crippen molar-refractivity contribution in [1.82, 2.24) is 15.6 Å². The summed E-state index contributed by atoms with van der Waals surface area (Å²) in [6.45, 7) is 1.66. The van der Waals surface area contributed by atoms with Crippen LogP contribution in [-0.2, 0) is 0 Å². The van der Waals surface area contributed by atoms with Gasteiger partial charge in [0.2, 0.25) is 0 Å². The zero-order valence-electron chi connectivity index (χ0n) is 14.5. The maximum Gasteiger partial charge on any atom is 0.253 e. The van der Waals surface area contributed by atoms with Crippen LogP contribution in [0.2, 0.25) is 0 Å². The average molecular weight is 353 g/mol. The fraction of sp³-hybridized carbons (Fsp3) is 0.350. The third-order valence-corrected chi connectivity index (χ3v) is 4.73. The van der Waals surface area contributed by atoms with Gasteiger partial charge in [-0.25, -0.2) is 4.39 Å². The highest BCUT2D eigenvalue weighted by atomic mass is 19.1. The second-order valence-corrected chi connectivity index (χ2v) is 7.06. The summed E-state index contributed by atoms with van der Waals surface area (Å²) >= 11 is 0. The topological polar surface area (TPSA) is 71.1 Å². The van der Waals surface area contributed by atoms with Crippen LogP contribution < -0.4 is 10.6 Å². The molecule has 0 radical (unpaired) electrons. The Kier molecular flexibility index (Phi) is 4.18. The van der Waals surface area contributed by atoms with Crippen molar-refractivity contribution in [2.75, 3.05) is 0 Å². The van der Waals surface area contributed by atoms with Gasteiger partial charge >= 0.3 is 0 Å². The van der Waals surface area contributed by atoms with Crippen LogP contribution in [0.25, 0.3) is 11.3 Å². The van der Waals surface area contributed by atoms with E-state index in [1.54, 1.807) is 25.1 Å². The average Bonchev–Trinajstić information content (AvgIpc) is 3.54. The molecule has 4 rings (SSSR count). The van der Waals surface area contributed by atoms with Crippen molar-refractivity contribution in [3.05, 3.63) is 53.0 Å². The number of aromatic nitrogens is 1. The van der Waals surface area contributed by atoms with Crippen LogP contribution in [0.1, 0.15) is 52.0 Å². The standard InChI is InChI=1S/C20H20FN3O2/c1-11-16(8-13(9-17(11)21)20(26)24-15-5-6-15)18-7-2-12(10-22-18)19(25)23-14-3-4-14/h2,7-10,14-15H,3-6H2,1H3,(H,23,25)(H,24,26). The number of hydrogen-bond acceptors (Lipinski definition) is 3. The fourth-order valence-electron chi connectivity index (χ4n) is 2.76. The van der Waals surface area contributed by atoms with Crippen LogP contribution in [0.3, 0.4) is 0 Å². The summed E-state index contributed by atoms with van der Waals surface area (Å²) in [6.07, 6.45) is 5.47. The minimum Gasteiger partial charge on any atom is -0.349 e. The zero-order valence-corrected chi connectivity index (χ0v) is 14.5. The number of carbonyl (C=O) groups is 2. The number of nitrogens with zero attached hydrogens (tertiary/aromatic N) is 1. The Morgan fingerprint density at radius 2 is 1.62 bits per heavy atom. The largest absolute Gasteiger partial charge is 0.349 e. The Bertz CT molecular complexity index is 871. The van der Waals surface area contributed by atoms with E-state index in [-0.39, 0.29) is 29.5 Å². The number of benzene rings is 1. The third kappa shape index (κ3) is 3.59. The van der Waals surface area contributed by atoms with Crippen LogP contribution in [0.5, 0.6) is 0 Å². The van der Waals surface area contributed by atoms with E-state index in [2.05, 4.69) is 15.6 Å². The van der Waals surface area contributed by atoms with Gasteiger partial charge < -0.3 is 10.6 Å². The van der Waals surface area contributed by atoms with E-state index < -0.39 is 5.82 Å². The summed E-state index contributed by atoms with van der Waals surface area (Å²) in [5.41, 5.74) is 2.27. The highest BCUT2D eigenvalue weighted by molar-refractivity contribution is 5.96. The second kappa shape index (κ2) is 6.52. The van der Waals surface area contributed by atoms with Gasteiger partial charge in [-0.2, -0.15) is 0 Å². The van der Waals surface area contributed by atoms with Gasteiger partial charge in [0.05, 0.1) is 11.3 Å². The molecule has 5 nitrogen and oxygen atoms in total. The Labute approximate surface area is 151 Å². The summed E-state index contributed by atoms with van der Waals surface area (Å²) < 4.78 is 14.3. The summed E-state index contributed by atoms with van der Waals surface area (Å²) in [5.74, 6) is -0.860. The smallest absolute Gasteiger partial charge is 0.253 e. The van der Waals surface area contributed by atoms with Crippen molar-refractivity contribution in [3.63, 3.8) is 0 Å². The minimum absolute atomic E-state index is 0.146. The van der Waals surface area contributed by atoms with Gasteiger partial charge in [-0.1, -0.05) is 0 Å². The lowest BCUT2D eigenvalue weighted by Crippen LogP contribution is -2.25. The maximum atomic E-state index is 14.3. The number of rotatable bonds is 5. The molecular weight excluding hydrogens is 333 g/mol. The van der Waals surface area contributed by atoms with Gasteiger partial charge in [-0.15, -0.1) is 0 Å². The fourth-order valence-corrected chi connectivity index (χ4v) is 2.76. The maximum absolute atomic E-state index is 14.3. The monoisotopic (exact) mass is 353 g/mol. The highest BCUT2D eigenvalue weighted by Crippen LogP contribution is 2.27. The molecule has 134 valence electrons. The summed E-state index contributed by atoms with van der Waals surface area (Å²) in [7, 11) is 0. The van der Waals surface area contributed by atoms with Crippen LogP contribution >= 0.6 is 0 Å². The molecule has 0 atom stereocenters. The molecule has 6 heteroatoms. The third-order valence-electron chi connectivity index (χ3n) is 4.73. The van der Waals surface area contributed by atoms with E-state index in [1.165, 1.54) is 12.3 Å². The lowest BCUT2D eigenvalue weighted by Gasteiger charge is -2.11. The molecule has 0 saturated heterocycles. The van der Waals surface area contributed by atoms with E-state index in [9.17, 15) is 14.0 Å². The zero-order chi connectivity index (χ0) is 18.3. The van der Waals surface area contributed by atoms with Gasteiger partial charge in [0.1, 0.15) is 5.82 Å². The number of halogens is 1. The molecule has 26 heavy (non-hydrogen) atoms. The second-order valence-electron chi connectivity index (χ2n) is 7.06. The first-order valence-electron chi connectivity index (χ1n) is 8.89. The van der Waals surface area contributed by atoms with E-state index >= 15 is 0 Å². The first-order chi connectivity index (χ1) is 12.5. The molecule has 0 aliphatic heterocycles. The molecule has 2 saturated carbocycles. The van der Waals surface area contributed by atoms with Crippen LogP contribution in [0, 0.1) is 12.7 Å². The molecular formula is C20H20FN3O2. The summed E-state index contributed by atoms with van der Waals surface area (Å²) in [5, 5.41) is 5.77. The Morgan fingerprint density at radius 3 is 2.15 bits per heavy atom. The minimum atomic E-state index is -0.444. The number of pyridine rings is 1. The van der Waals surface area contributed by atoms with Crippen LogP contribution in [-0.4, -0.2) is 28.9 Å². The van der Waals surface area contributed by atoms with Crippen molar-refractivity contribution < 1.29 is 14.0 Å². The highest BCUT2D eigenvalue weighted by Gasteiger charge is 2.25. The number of nitrogens with one attached hydrogen (secondary N) is 2. The molecule has 2 aromatic rings. The van der Waals surface area contributed by atoms with Gasteiger partial charge in [0.15, 0.2) is 0 Å². The lowest BCUT2D eigenvalue weighted by atomic mass is 10.00. The molecule has 2 fully saturated rings. The Balaban J connectivity index is 1.60. The van der Waals surface area contributed by atoms with E-state index in [0.717, 1.165) is 25.7 Å². The molecule has 1 aromatic heterocycles. The number of amides is 2. The quantitative estimate of drug-likeness (QED) is 0.868. The van der Waals surface area contributed by atoms with Gasteiger partial charge in [-0.05, 0) is 62.4 Å².